The Balaban J connectivity index is 1.53. The molecule has 2 N–H and O–H groups in total. The van der Waals surface area contributed by atoms with E-state index >= 15 is 0 Å². The zero-order valence-corrected chi connectivity index (χ0v) is 16.4. The molecule has 6 nitrogen and oxygen atoms in total. The van der Waals surface area contributed by atoms with Crippen LogP contribution in [-0.4, -0.2) is 36.9 Å². The highest BCUT2D eigenvalue weighted by atomic mass is 32.1. The SMILES string of the molecule is COc1ccc2cc(C(=O)[C@@H]3CCCN(c4nc(C(N)=O)cs4)C3)ccc2c1. The molecule has 0 radical (unpaired) electrons. The topological polar surface area (TPSA) is 85.5 Å². The molecule has 4 rings (SSSR count). The Labute approximate surface area is 166 Å². The van der Waals surface area contributed by atoms with Crippen molar-refractivity contribution in [1.29, 1.82) is 0 Å². The second kappa shape index (κ2) is 7.59. The van der Waals surface area contributed by atoms with Crippen LogP contribution in [0.1, 0.15) is 33.7 Å². The number of ether oxygens (including phenoxy) is 1. The number of nitrogens with two attached hydrogens (primary N) is 1. The summed E-state index contributed by atoms with van der Waals surface area (Å²) in [6.07, 6.45) is 1.76. The number of aromatic nitrogens is 1. The van der Waals surface area contributed by atoms with Gasteiger partial charge in [-0.2, -0.15) is 0 Å². The van der Waals surface area contributed by atoms with Crippen molar-refractivity contribution < 1.29 is 14.3 Å². The van der Waals surface area contributed by atoms with Crippen molar-refractivity contribution in [3.05, 3.63) is 53.0 Å². The highest BCUT2D eigenvalue weighted by molar-refractivity contribution is 7.13. The summed E-state index contributed by atoms with van der Waals surface area (Å²) in [6, 6.07) is 11.6. The number of primary amides is 1. The van der Waals surface area contributed by atoms with Crippen LogP contribution in [0.15, 0.2) is 41.8 Å². The molecule has 0 bridgehead atoms. The Morgan fingerprint density at radius 3 is 2.75 bits per heavy atom. The number of carbonyl (C=O) groups is 2. The summed E-state index contributed by atoms with van der Waals surface area (Å²) in [7, 11) is 1.64. The Morgan fingerprint density at radius 1 is 1.21 bits per heavy atom. The molecule has 28 heavy (non-hydrogen) atoms. The lowest BCUT2D eigenvalue weighted by Gasteiger charge is -2.31. The summed E-state index contributed by atoms with van der Waals surface area (Å²) in [5.41, 5.74) is 6.30. The number of hydrogen-bond donors (Lipinski definition) is 1. The summed E-state index contributed by atoms with van der Waals surface area (Å²) < 4.78 is 5.26. The van der Waals surface area contributed by atoms with Gasteiger partial charge in [0.2, 0.25) is 0 Å². The van der Waals surface area contributed by atoms with Crippen LogP contribution in [0.4, 0.5) is 5.13 Å². The largest absolute Gasteiger partial charge is 0.497 e. The van der Waals surface area contributed by atoms with Gasteiger partial charge in [0.15, 0.2) is 10.9 Å². The molecule has 1 aliphatic heterocycles. The monoisotopic (exact) mass is 395 g/mol. The van der Waals surface area contributed by atoms with Gasteiger partial charge in [0, 0.05) is 30.0 Å². The number of benzene rings is 2. The van der Waals surface area contributed by atoms with Gasteiger partial charge in [0.05, 0.1) is 7.11 Å². The van der Waals surface area contributed by atoms with Crippen LogP contribution in [0, 0.1) is 5.92 Å². The van der Waals surface area contributed by atoms with E-state index in [0.717, 1.165) is 46.6 Å². The predicted molar refractivity (Wildman–Crippen MR) is 110 cm³/mol. The molecule has 3 aromatic rings. The van der Waals surface area contributed by atoms with Crippen molar-refractivity contribution in [2.45, 2.75) is 12.8 Å². The first-order valence-corrected chi connectivity index (χ1v) is 10.1. The fourth-order valence-corrected chi connectivity index (χ4v) is 4.48. The van der Waals surface area contributed by atoms with E-state index in [1.807, 2.05) is 36.4 Å². The number of fused-ring (bicyclic) bond motifs is 1. The number of anilines is 1. The van der Waals surface area contributed by atoms with Gasteiger partial charge in [0.1, 0.15) is 11.4 Å². The van der Waals surface area contributed by atoms with Gasteiger partial charge >= 0.3 is 0 Å². The molecule has 144 valence electrons. The van der Waals surface area contributed by atoms with E-state index in [1.54, 1.807) is 12.5 Å². The van der Waals surface area contributed by atoms with Crippen LogP contribution < -0.4 is 15.4 Å². The molecule has 0 aliphatic carbocycles. The van der Waals surface area contributed by atoms with Crippen LogP contribution in [0.25, 0.3) is 10.8 Å². The number of methoxy groups -OCH3 is 1. The third-order valence-electron chi connectivity index (χ3n) is 5.14. The summed E-state index contributed by atoms with van der Waals surface area (Å²) in [5, 5.41) is 4.48. The lowest BCUT2D eigenvalue weighted by molar-refractivity contribution is 0.0906. The smallest absolute Gasteiger partial charge is 0.268 e. The number of rotatable bonds is 5. The molecule has 1 amide bonds. The summed E-state index contributed by atoms with van der Waals surface area (Å²) in [5.74, 6) is 0.327. The maximum absolute atomic E-state index is 13.1. The number of nitrogens with zero attached hydrogens (tertiary/aromatic N) is 2. The van der Waals surface area contributed by atoms with Crippen LogP contribution >= 0.6 is 11.3 Å². The average Bonchev–Trinajstić information content (AvgIpc) is 3.23. The number of hydrogen-bond acceptors (Lipinski definition) is 6. The third-order valence-corrected chi connectivity index (χ3v) is 6.04. The van der Waals surface area contributed by atoms with Gasteiger partial charge in [-0.3, -0.25) is 9.59 Å². The molecule has 0 unspecified atom stereocenters. The van der Waals surface area contributed by atoms with Crippen molar-refractivity contribution in [1.82, 2.24) is 4.98 Å². The first kappa shape index (κ1) is 18.4. The molecule has 1 aromatic heterocycles. The van der Waals surface area contributed by atoms with Crippen molar-refractivity contribution in [2.75, 3.05) is 25.1 Å². The number of carbonyl (C=O) groups excluding carboxylic acids is 2. The number of piperidine rings is 1. The number of Topliss-reactive ketones (excluding diaryl/α,β-unsaturated/α-hetero) is 1. The maximum Gasteiger partial charge on any atom is 0.268 e. The number of thiazole rings is 1. The van der Waals surface area contributed by atoms with Crippen molar-refractivity contribution in [2.24, 2.45) is 11.7 Å². The van der Waals surface area contributed by atoms with Crippen molar-refractivity contribution in [3.8, 4) is 5.75 Å². The zero-order chi connectivity index (χ0) is 19.7. The number of ketones is 1. The van der Waals surface area contributed by atoms with E-state index < -0.39 is 5.91 Å². The summed E-state index contributed by atoms with van der Waals surface area (Å²) >= 11 is 1.39. The highest BCUT2D eigenvalue weighted by Gasteiger charge is 2.28. The summed E-state index contributed by atoms with van der Waals surface area (Å²) in [6.45, 7) is 1.43. The van der Waals surface area contributed by atoms with Crippen LogP contribution in [-0.2, 0) is 0 Å². The predicted octanol–water partition coefficient (Wildman–Crippen LogP) is 3.50. The second-order valence-electron chi connectivity index (χ2n) is 6.96. The molecule has 2 aromatic carbocycles. The molecule has 1 fully saturated rings. The molecule has 1 aliphatic rings. The fraction of sp³-hybridized carbons (Fsp3) is 0.286. The molecule has 0 saturated carbocycles. The second-order valence-corrected chi connectivity index (χ2v) is 7.79. The van der Waals surface area contributed by atoms with Crippen LogP contribution in [0.3, 0.4) is 0 Å². The van der Waals surface area contributed by atoms with Gasteiger partial charge in [-0.05, 0) is 41.8 Å². The van der Waals surface area contributed by atoms with E-state index in [9.17, 15) is 9.59 Å². The quantitative estimate of drug-likeness (QED) is 0.668. The van der Waals surface area contributed by atoms with Crippen molar-refractivity contribution in [3.63, 3.8) is 0 Å². The first-order chi connectivity index (χ1) is 13.5. The first-order valence-electron chi connectivity index (χ1n) is 9.17. The molecule has 1 atom stereocenters. The maximum atomic E-state index is 13.1. The lowest BCUT2D eigenvalue weighted by Crippen LogP contribution is -2.38. The van der Waals surface area contributed by atoms with Crippen LogP contribution in [0.5, 0.6) is 5.75 Å². The van der Waals surface area contributed by atoms with Gasteiger partial charge in [-0.25, -0.2) is 4.98 Å². The minimum atomic E-state index is -0.528. The molecular weight excluding hydrogens is 374 g/mol. The van der Waals surface area contributed by atoms with Gasteiger partial charge in [-0.1, -0.05) is 18.2 Å². The summed E-state index contributed by atoms with van der Waals surface area (Å²) in [4.78, 5) is 30.8. The van der Waals surface area contributed by atoms with Gasteiger partial charge < -0.3 is 15.4 Å². The number of amides is 1. The van der Waals surface area contributed by atoms with E-state index in [4.69, 9.17) is 10.5 Å². The van der Waals surface area contributed by atoms with E-state index in [-0.39, 0.29) is 17.4 Å². The third kappa shape index (κ3) is 3.57. The molecule has 0 spiro atoms. The van der Waals surface area contributed by atoms with E-state index in [1.165, 1.54) is 11.3 Å². The molecule has 2 heterocycles. The minimum absolute atomic E-state index is 0.0922. The van der Waals surface area contributed by atoms with E-state index in [0.29, 0.717) is 6.54 Å². The van der Waals surface area contributed by atoms with Crippen molar-refractivity contribution >= 4 is 38.9 Å². The Kier molecular flexibility index (Phi) is 5.00. The normalized spacial score (nSPS) is 16.9. The average molecular weight is 395 g/mol. The van der Waals surface area contributed by atoms with E-state index in [2.05, 4.69) is 9.88 Å². The fourth-order valence-electron chi connectivity index (χ4n) is 3.63. The molecule has 1 saturated heterocycles. The Hall–Kier alpha value is -2.93. The standard InChI is InChI=1S/C21H21N3O3S/c1-27-17-7-6-13-9-15(5-4-14(13)10-17)19(25)16-3-2-8-24(11-16)21-23-18(12-28-21)20(22)26/h4-7,9-10,12,16H,2-3,8,11H2,1H3,(H2,22,26)/t16-/m1/s1. The van der Waals surface area contributed by atoms with Gasteiger partial charge in [-0.15, -0.1) is 11.3 Å². The zero-order valence-electron chi connectivity index (χ0n) is 15.6. The minimum Gasteiger partial charge on any atom is -0.497 e. The van der Waals surface area contributed by atoms with Gasteiger partial charge in [0.25, 0.3) is 5.91 Å². The lowest BCUT2D eigenvalue weighted by atomic mass is 9.89. The molecular formula is C21H21N3O3S. The Bertz CT molecular complexity index is 1050. The van der Waals surface area contributed by atoms with Crippen LogP contribution in [0.2, 0.25) is 0 Å². The highest BCUT2D eigenvalue weighted by Crippen LogP contribution is 2.29. The Morgan fingerprint density at radius 2 is 2.00 bits per heavy atom. The molecule has 7 heteroatoms.